The third kappa shape index (κ3) is 3.32. The highest BCUT2D eigenvalue weighted by atomic mass is 32.2. The summed E-state index contributed by atoms with van der Waals surface area (Å²) < 4.78 is 43.3. The average Bonchev–Trinajstić information content (AvgIpc) is 2.67. The molecule has 1 heterocycles. The fourth-order valence-corrected chi connectivity index (χ4v) is 4.46. The van der Waals surface area contributed by atoms with E-state index in [0.717, 1.165) is 0 Å². The number of hydrogen-bond donors (Lipinski definition) is 0. The predicted octanol–water partition coefficient (Wildman–Crippen LogP) is 2.21. The summed E-state index contributed by atoms with van der Waals surface area (Å²) in [5, 5.41) is 0. The summed E-state index contributed by atoms with van der Waals surface area (Å²) in [5.41, 5.74) is 0.392. The molecule has 0 amide bonds. The largest absolute Gasteiger partial charge is 0.497 e. The van der Waals surface area contributed by atoms with Crippen LogP contribution >= 0.6 is 0 Å². The molecule has 1 aliphatic rings. The maximum atomic E-state index is 13.3. The van der Waals surface area contributed by atoms with Gasteiger partial charge in [0.05, 0.1) is 37.3 Å². The van der Waals surface area contributed by atoms with Crippen molar-refractivity contribution < 1.29 is 27.4 Å². The molecule has 0 unspecified atom stereocenters. The van der Waals surface area contributed by atoms with E-state index in [4.69, 9.17) is 14.2 Å². The number of sulfonamides is 1. The van der Waals surface area contributed by atoms with E-state index in [-0.39, 0.29) is 17.9 Å². The van der Waals surface area contributed by atoms with Crippen molar-refractivity contribution in [3.8, 4) is 11.5 Å². The molecule has 26 heavy (non-hydrogen) atoms. The van der Waals surface area contributed by atoms with Crippen LogP contribution in [-0.4, -0.2) is 41.3 Å². The highest BCUT2D eigenvalue weighted by molar-refractivity contribution is 7.92. The summed E-state index contributed by atoms with van der Waals surface area (Å²) in [6, 6.07) is 12.2. The SMILES string of the molecule is COC(=O)C[C@@H]1COc2ccccc2N1S(=O)(=O)c1ccc(OC)cc1. The first-order valence-electron chi connectivity index (χ1n) is 7.94. The van der Waals surface area contributed by atoms with Gasteiger partial charge >= 0.3 is 5.97 Å². The van der Waals surface area contributed by atoms with Crippen molar-refractivity contribution in [1.29, 1.82) is 0 Å². The molecule has 0 saturated heterocycles. The van der Waals surface area contributed by atoms with Gasteiger partial charge < -0.3 is 14.2 Å². The number of ether oxygens (including phenoxy) is 3. The van der Waals surface area contributed by atoms with E-state index in [2.05, 4.69) is 0 Å². The minimum Gasteiger partial charge on any atom is -0.497 e. The van der Waals surface area contributed by atoms with Crippen LogP contribution in [-0.2, 0) is 19.6 Å². The first-order chi connectivity index (χ1) is 12.5. The number of carbonyl (C=O) groups is 1. The molecule has 0 bridgehead atoms. The molecule has 1 aliphatic heterocycles. The number of carbonyl (C=O) groups excluding carboxylic acids is 1. The maximum Gasteiger partial charge on any atom is 0.307 e. The number of benzene rings is 2. The highest BCUT2D eigenvalue weighted by Crippen LogP contribution is 2.38. The first-order valence-corrected chi connectivity index (χ1v) is 9.38. The summed E-state index contributed by atoms with van der Waals surface area (Å²) in [5.74, 6) is 0.496. The van der Waals surface area contributed by atoms with Crippen molar-refractivity contribution in [3.05, 3.63) is 48.5 Å². The minimum absolute atomic E-state index is 0.0570. The van der Waals surface area contributed by atoms with Crippen molar-refractivity contribution in [2.24, 2.45) is 0 Å². The maximum absolute atomic E-state index is 13.3. The molecular weight excluding hydrogens is 358 g/mol. The fraction of sp³-hybridized carbons (Fsp3) is 0.278. The Morgan fingerprint density at radius 2 is 1.85 bits per heavy atom. The van der Waals surface area contributed by atoms with Crippen molar-refractivity contribution >= 4 is 21.7 Å². The van der Waals surface area contributed by atoms with Gasteiger partial charge in [0.1, 0.15) is 18.1 Å². The van der Waals surface area contributed by atoms with Gasteiger partial charge in [-0.2, -0.15) is 0 Å². The number of fused-ring (bicyclic) bond motifs is 1. The average molecular weight is 377 g/mol. The Balaban J connectivity index is 2.07. The summed E-state index contributed by atoms with van der Waals surface area (Å²) in [7, 11) is -1.14. The lowest BCUT2D eigenvalue weighted by atomic mass is 10.1. The number of hydrogen-bond acceptors (Lipinski definition) is 6. The standard InChI is InChI=1S/C18H19NO6S/c1-23-14-7-9-15(10-8-14)26(21,22)19-13(11-18(20)24-2)12-25-17-6-4-3-5-16(17)19/h3-10,13H,11-12H2,1-2H3/t13-/m1/s1. The Bertz CT molecular complexity index is 894. The molecule has 3 rings (SSSR count). The normalized spacial score (nSPS) is 16.4. The Labute approximate surface area is 152 Å². The number of methoxy groups -OCH3 is 2. The zero-order valence-electron chi connectivity index (χ0n) is 14.4. The molecule has 0 N–H and O–H groups in total. The Morgan fingerprint density at radius 1 is 1.15 bits per heavy atom. The Hall–Kier alpha value is -2.74. The molecule has 7 nitrogen and oxygen atoms in total. The second-order valence-corrected chi connectivity index (χ2v) is 7.50. The second kappa shape index (κ2) is 7.25. The smallest absolute Gasteiger partial charge is 0.307 e. The number of rotatable bonds is 5. The highest BCUT2D eigenvalue weighted by Gasteiger charge is 2.38. The number of esters is 1. The molecule has 0 saturated carbocycles. The molecule has 0 fully saturated rings. The zero-order chi connectivity index (χ0) is 18.7. The van der Waals surface area contributed by atoms with Crippen molar-refractivity contribution in [1.82, 2.24) is 0 Å². The quantitative estimate of drug-likeness (QED) is 0.743. The van der Waals surface area contributed by atoms with Crippen LogP contribution < -0.4 is 13.8 Å². The Kier molecular flexibility index (Phi) is 5.03. The molecule has 0 aliphatic carbocycles. The molecule has 0 spiro atoms. The van der Waals surface area contributed by atoms with Gasteiger partial charge in [0.2, 0.25) is 0 Å². The zero-order valence-corrected chi connectivity index (χ0v) is 15.2. The first kappa shape index (κ1) is 18.1. The van der Waals surface area contributed by atoms with Gasteiger partial charge in [-0.3, -0.25) is 9.10 Å². The molecule has 138 valence electrons. The van der Waals surface area contributed by atoms with Crippen LogP contribution in [0.2, 0.25) is 0 Å². The van der Waals surface area contributed by atoms with E-state index in [0.29, 0.717) is 17.2 Å². The molecule has 2 aromatic rings. The van der Waals surface area contributed by atoms with Gasteiger partial charge in [-0.1, -0.05) is 12.1 Å². The second-order valence-electron chi connectivity index (χ2n) is 5.69. The topological polar surface area (TPSA) is 82.1 Å². The predicted molar refractivity (Wildman–Crippen MR) is 95.0 cm³/mol. The lowest BCUT2D eigenvalue weighted by Gasteiger charge is -2.37. The number of para-hydroxylation sites is 2. The van der Waals surface area contributed by atoms with E-state index in [1.54, 1.807) is 36.4 Å². The third-order valence-corrected chi connectivity index (χ3v) is 5.99. The molecule has 2 aromatic carbocycles. The lowest BCUT2D eigenvalue weighted by molar-refractivity contribution is -0.141. The monoisotopic (exact) mass is 377 g/mol. The summed E-state index contributed by atoms with van der Waals surface area (Å²) in [6.07, 6.45) is -0.111. The van der Waals surface area contributed by atoms with Gasteiger partial charge in [0, 0.05) is 0 Å². The summed E-state index contributed by atoms with van der Waals surface area (Å²) in [4.78, 5) is 11.9. The van der Waals surface area contributed by atoms with Crippen LogP contribution in [0.5, 0.6) is 11.5 Å². The molecule has 0 radical (unpaired) electrons. The third-order valence-electron chi connectivity index (χ3n) is 4.11. The van der Waals surface area contributed by atoms with E-state index in [9.17, 15) is 13.2 Å². The van der Waals surface area contributed by atoms with Crippen molar-refractivity contribution in [3.63, 3.8) is 0 Å². The molecular formula is C18H19NO6S. The van der Waals surface area contributed by atoms with Crippen LogP contribution in [0.3, 0.4) is 0 Å². The van der Waals surface area contributed by atoms with Crippen LogP contribution in [0.4, 0.5) is 5.69 Å². The van der Waals surface area contributed by atoms with Gasteiger partial charge in [-0.25, -0.2) is 8.42 Å². The van der Waals surface area contributed by atoms with E-state index < -0.39 is 22.0 Å². The molecule has 0 aromatic heterocycles. The molecule has 8 heteroatoms. The summed E-state index contributed by atoms with van der Waals surface area (Å²) >= 11 is 0. The van der Waals surface area contributed by atoms with E-state index in [1.807, 2.05) is 0 Å². The number of nitrogens with zero attached hydrogens (tertiary/aromatic N) is 1. The van der Waals surface area contributed by atoms with Crippen LogP contribution in [0.1, 0.15) is 6.42 Å². The number of anilines is 1. The van der Waals surface area contributed by atoms with Gasteiger partial charge in [0.15, 0.2) is 0 Å². The van der Waals surface area contributed by atoms with Crippen LogP contribution in [0, 0.1) is 0 Å². The van der Waals surface area contributed by atoms with Crippen molar-refractivity contribution in [2.45, 2.75) is 17.4 Å². The van der Waals surface area contributed by atoms with E-state index in [1.165, 1.54) is 30.7 Å². The van der Waals surface area contributed by atoms with E-state index >= 15 is 0 Å². The van der Waals surface area contributed by atoms with Crippen molar-refractivity contribution in [2.75, 3.05) is 25.1 Å². The minimum atomic E-state index is -3.91. The fourth-order valence-electron chi connectivity index (χ4n) is 2.82. The Morgan fingerprint density at radius 3 is 2.50 bits per heavy atom. The van der Waals surface area contributed by atoms with Gasteiger partial charge in [-0.05, 0) is 36.4 Å². The summed E-state index contributed by atoms with van der Waals surface area (Å²) in [6.45, 7) is 0.0570. The molecule has 1 atom stereocenters. The van der Waals surface area contributed by atoms with Gasteiger partial charge in [0.25, 0.3) is 10.0 Å². The lowest BCUT2D eigenvalue weighted by Crippen LogP contribution is -2.47. The van der Waals surface area contributed by atoms with Gasteiger partial charge in [-0.15, -0.1) is 0 Å². The van der Waals surface area contributed by atoms with Crippen LogP contribution in [0.15, 0.2) is 53.4 Å². The van der Waals surface area contributed by atoms with Crippen LogP contribution in [0.25, 0.3) is 0 Å².